The van der Waals surface area contributed by atoms with Crippen LogP contribution in [-0.4, -0.2) is 8.80 Å². The highest BCUT2D eigenvalue weighted by atomic mass is 15.1. The molecule has 0 spiro atoms. The Morgan fingerprint density at radius 1 is 0.383 bits per heavy atom. The monoisotopic (exact) mass is 1040 g/mol. The van der Waals surface area contributed by atoms with E-state index >= 15 is 0 Å². The summed E-state index contributed by atoms with van der Waals surface area (Å²) in [5, 5.41) is 10.3. The SMILES string of the molecule is CC(C)(C)c1ccc(-c2cccc3c2c2c(CC(CCc4ccccc4)c4ccccc4)ccc4c5cc6c(cc5n3c42)c2ccc(N(c3ccccc3)c3ccccc3)c3c4c(-c5ccc(C(C)(C)C)cc5)cccc4n6c23)cc1. The summed E-state index contributed by atoms with van der Waals surface area (Å²) < 4.78 is 5.24. The maximum atomic E-state index is 2.64. The minimum atomic E-state index is 0.0478. The fourth-order valence-corrected chi connectivity index (χ4v) is 13.8. The average molecular weight is 1040 g/mol. The van der Waals surface area contributed by atoms with Crippen molar-refractivity contribution in [1.82, 2.24) is 8.80 Å². The van der Waals surface area contributed by atoms with Gasteiger partial charge in [0.25, 0.3) is 0 Å². The number of aryl methyl sites for hydroxylation is 1. The van der Waals surface area contributed by atoms with Crippen molar-refractivity contribution in [3.05, 3.63) is 270 Å². The standard InChI is InChI=1S/C78H65N3/c1-77(2,3)56-40-35-52(36-41-56)60-29-19-31-66-72(60)71-55(47-54(51-23-13-8-14-24-51)34-33-50-21-11-7-12-22-50)39-44-62-64-48-70-65(49-69(64)80(66)75(62)71)63-45-46-68(79(58-25-15-9-16-26-58)59-27-17-10-18-28-59)74-73-61(30-20-32-67(73)81(70)76(63)74)53-37-42-57(43-38-53)78(4,5)6/h7-32,35-46,48-49,54H,33-34,47H2,1-6H3. The van der Waals surface area contributed by atoms with Gasteiger partial charge in [-0.25, -0.2) is 0 Å². The second-order valence-corrected chi connectivity index (χ2v) is 24.8. The van der Waals surface area contributed by atoms with Crippen molar-refractivity contribution in [2.45, 2.75) is 77.6 Å². The van der Waals surface area contributed by atoms with E-state index in [2.05, 4.69) is 298 Å². The van der Waals surface area contributed by atoms with Gasteiger partial charge >= 0.3 is 0 Å². The molecule has 0 radical (unpaired) electrons. The largest absolute Gasteiger partial charge is 0.310 e. The highest BCUT2D eigenvalue weighted by Crippen LogP contribution is 2.52. The number of hydrogen-bond acceptors (Lipinski definition) is 1. The lowest BCUT2D eigenvalue weighted by molar-refractivity contribution is 0.590. The molecule has 0 N–H and O–H groups in total. The van der Waals surface area contributed by atoms with Gasteiger partial charge in [0.15, 0.2) is 0 Å². The molecule has 3 nitrogen and oxygen atoms in total. The molecule has 15 aromatic rings. The number of para-hydroxylation sites is 2. The summed E-state index contributed by atoms with van der Waals surface area (Å²) >= 11 is 0. The molecule has 4 aromatic heterocycles. The van der Waals surface area contributed by atoms with Crippen LogP contribution < -0.4 is 4.90 Å². The second kappa shape index (κ2) is 18.7. The summed E-state index contributed by atoms with van der Waals surface area (Å²) in [5.41, 5.74) is 22.9. The Hall–Kier alpha value is -9.18. The zero-order valence-corrected chi connectivity index (χ0v) is 47.1. The second-order valence-electron chi connectivity index (χ2n) is 24.8. The molecule has 0 amide bonds. The molecule has 15 rings (SSSR count). The summed E-state index contributed by atoms with van der Waals surface area (Å²) in [6, 6.07) is 91.6. The molecule has 11 aromatic carbocycles. The number of anilines is 3. The molecule has 392 valence electrons. The molecule has 0 aliphatic rings. The van der Waals surface area contributed by atoms with Crippen LogP contribution >= 0.6 is 0 Å². The van der Waals surface area contributed by atoms with E-state index in [9.17, 15) is 0 Å². The predicted molar refractivity (Wildman–Crippen MR) is 346 cm³/mol. The normalized spacial score (nSPS) is 12.9. The van der Waals surface area contributed by atoms with Gasteiger partial charge in [-0.2, -0.15) is 0 Å². The fraction of sp³-hybridized carbons (Fsp3) is 0.154. The van der Waals surface area contributed by atoms with E-state index < -0.39 is 0 Å². The Balaban J connectivity index is 1.02. The quantitative estimate of drug-likeness (QED) is 0.126. The molecular weight excluding hydrogens is 979 g/mol. The Bertz CT molecular complexity index is 4770. The molecule has 0 bridgehead atoms. The molecule has 1 atom stereocenters. The van der Waals surface area contributed by atoms with Crippen molar-refractivity contribution < 1.29 is 0 Å². The van der Waals surface area contributed by atoms with Gasteiger partial charge in [-0.05, 0) is 141 Å². The van der Waals surface area contributed by atoms with E-state index in [0.717, 1.165) is 36.3 Å². The van der Waals surface area contributed by atoms with Gasteiger partial charge in [0.1, 0.15) is 0 Å². The fourth-order valence-electron chi connectivity index (χ4n) is 13.8. The predicted octanol–water partition coefficient (Wildman–Crippen LogP) is 21.3. The first-order valence-electron chi connectivity index (χ1n) is 29.1. The number of rotatable bonds is 11. The minimum Gasteiger partial charge on any atom is -0.310 e. The van der Waals surface area contributed by atoms with Crippen LogP contribution in [0.25, 0.3) is 98.4 Å². The van der Waals surface area contributed by atoms with E-state index in [0.29, 0.717) is 5.92 Å². The van der Waals surface area contributed by atoms with Crippen LogP contribution in [0.5, 0.6) is 0 Å². The van der Waals surface area contributed by atoms with Gasteiger partial charge in [-0.3, -0.25) is 0 Å². The van der Waals surface area contributed by atoms with Gasteiger partial charge in [0.2, 0.25) is 0 Å². The van der Waals surface area contributed by atoms with Gasteiger partial charge in [-0.15, -0.1) is 0 Å². The Morgan fingerprint density at radius 2 is 0.840 bits per heavy atom. The van der Waals surface area contributed by atoms with E-state index in [1.807, 2.05) is 0 Å². The third-order valence-corrected chi connectivity index (χ3v) is 17.9. The van der Waals surface area contributed by atoms with Crippen molar-refractivity contribution in [2.75, 3.05) is 4.90 Å². The summed E-state index contributed by atoms with van der Waals surface area (Å²) in [5.74, 6) is 0.330. The van der Waals surface area contributed by atoms with Crippen molar-refractivity contribution in [2.24, 2.45) is 0 Å². The number of aromatic nitrogens is 2. The number of fused-ring (bicyclic) bond motifs is 12. The summed E-state index contributed by atoms with van der Waals surface area (Å²) in [7, 11) is 0. The van der Waals surface area contributed by atoms with Crippen LogP contribution in [-0.2, 0) is 23.7 Å². The Kier molecular flexibility index (Phi) is 11.3. The lowest BCUT2D eigenvalue weighted by atomic mass is 9.84. The Morgan fingerprint density at radius 3 is 1.35 bits per heavy atom. The summed E-state index contributed by atoms with van der Waals surface area (Å²) in [6.45, 7) is 13.8. The first-order valence-corrected chi connectivity index (χ1v) is 29.1. The third kappa shape index (κ3) is 7.92. The molecular formula is C78H65N3. The molecule has 3 heteroatoms. The molecule has 0 saturated heterocycles. The number of hydrogen-bond donors (Lipinski definition) is 0. The average Bonchev–Trinajstić information content (AvgIpc) is 2.90. The molecule has 0 aliphatic heterocycles. The number of benzene rings is 11. The zero-order valence-electron chi connectivity index (χ0n) is 47.1. The van der Waals surface area contributed by atoms with Crippen LogP contribution in [0.4, 0.5) is 17.1 Å². The van der Waals surface area contributed by atoms with Gasteiger partial charge in [0.05, 0.1) is 38.8 Å². The van der Waals surface area contributed by atoms with Crippen molar-refractivity contribution in [1.29, 1.82) is 0 Å². The van der Waals surface area contributed by atoms with Gasteiger partial charge < -0.3 is 13.7 Å². The highest BCUT2D eigenvalue weighted by molar-refractivity contribution is 6.33. The molecule has 0 saturated carbocycles. The molecule has 0 aliphatic carbocycles. The van der Waals surface area contributed by atoms with E-state index in [4.69, 9.17) is 0 Å². The van der Waals surface area contributed by atoms with Crippen molar-refractivity contribution in [3.63, 3.8) is 0 Å². The summed E-state index contributed by atoms with van der Waals surface area (Å²) in [6.07, 6.45) is 3.02. The van der Waals surface area contributed by atoms with E-state index in [-0.39, 0.29) is 10.8 Å². The summed E-state index contributed by atoms with van der Waals surface area (Å²) in [4.78, 5) is 2.46. The maximum Gasteiger partial charge on any atom is 0.0641 e. The highest BCUT2D eigenvalue weighted by Gasteiger charge is 2.29. The third-order valence-electron chi connectivity index (χ3n) is 17.9. The van der Waals surface area contributed by atoms with Crippen LogP contribution in [0.15, 0.2) is 243 Å². The minimum absolute atomic E-state index is 0.0478. The van der Waals surface area contributed by atoms with Crippen molar-refractivity contribution in [3.8, 4) is 22.3 Å². The van der Waals surface area contributed by atoms with Crippen LogP contribution in [0.1, 0.15) is 81.7 Å². The molecule has 1 unspecified atom stereocenters. The van der Waals surface area contributed by atoms with Gasteiger partial charge in [-0.1, -0.05) is 230 Å². The van der Waals surface area contributed by atoms with Crippen LogP contribution in [0.3, 0.4) is 0 Å². The maximum absolute atomic E-state index is 2.64. The first kappa shape index (κ1) is 48.9. The lowest BCUT2D eigenvalue weighted by Gasteiger charge is -2.26. The molecule has 81 heavy (non-hydrogen) atoms. The number of nitrogens with zero attached hydrogens (tertiary/aromatic N) is 3. The van der Waals surface area contributed by atoms with Crippen molar-refractivity contribution >= 4 is 93.3 Å². The smallest absolute Gasteiger partial charge is 0.0641 e. The van der Waals surface area contributed by atoms with Gasteiger partial charge in [0, 0.05) is 54.5 Å². The van der Waals surface area contributed by atoms with E-state index in [1.165, 1.54) is 126 Å². The topological polar surface area (TPSA) is 12.1 Å². The van der Waals surface area contributed by atoms with E-state index in [1.54, 1.807) is 0 Å². The molecule has 4 heterocycles. The lowest BCUT2D eigenvalue weighted by Crippen LogP contribution is -2.10. The zero-order chi connectivity index (χ0) is 54.7. The first-order chi connectivity index (χ1) is 39.5. The molecule has 0 fully saturated rings. The van der Waals surface area contributed by atoms with Crippen LogP contribution in [0, 0.1) is 0 Å². The van der Waals surface area contributed by atoms with Crippen LogP contribution in [0.2, 0.25) is 0 Å². The Labute approximate surface area is 474 Å².